The molecule has 0 saturated carbocycles. The minimum Gasteiger partial charge on any atom is -0.493 e. The maximum Gasteiger partial charge on any atom is 0.417 e. The summed E-state index contributed by atoms with van der Waals surface area (Å²) in [7, 11) is 2.85. The summed E-state index contributed by atoms with van der Waals surface area (Å²) in [6.45, 7) is 0. The number of anilines is 1. The lowest BCUT2D eigenvalue weighted by Crippen LogP contribution is -2.32. The largest absolute Gasteiger partial charge is 0.493 e. The molecule has 0 heterocycles. The van der Waals surface area contributed by atoms with Crippen LogP contribution in [0, 0.1) is 0 Å². The fourth-order valence-corrected chi connectivity index (χ4v) is 2.18. The Hall–Kier alpha value is -3.56. The first-order valence-electron chi connectivity index (χ1n) is 7.79. The normalized spacial score (nSPS) is 11.2. The lowest BCUT2D eigenvalue weighted by atomic mass is 10.1. The van der Waals surface area contributed by atoms with Crippen LogP contribution in [0.3, 0.4) is 0 Å². The Morgan fingerprint density at radius 3 is 2.32 bits per heavy atom. The number of carbonyl (C=O) groups excluding carboxylic acids is 2. The minimum atomic E-state index is -4.57. The van der Waals surface area contributed by atoms with E-state index in [0.717, 1.165) is 12.3 Å². The van der Waals surface area contributed by atoms with Gasteiger partial charge in [0.15, 0.2) is 11.5 Å². The average Bonchev–Trinajstić information content (AvgIpc) is 2.67. The Morgan fingerprint density at radius 2 is 1.68 bits per heavy atom. The number of nitrogens with zero attached hydrogens (tertiary/aromatic N) is 1. The molecule has 2 rings (SSSR count). The molecule has 0 aliphatic rings. The summed E-state index contributed by atoms with van der Waals surface area (Å²) in [6.07, 6.45) is -3.76. The molecular weight excluding hydrogens is 379 g/mol. The lowest BCUT2D eigenvalue weighted by Gasteiger charge is -2.10. The van der Waals surface area contributed by atoms with Crippen LogP contribution in [0.25, 0.3) is 0 Å². The van der Waals surface area contributed by atoms with E-state index in [2.05, 4.69) is 10.4 Å². The van der Waals surface area contributed by atoms with Gasteiger partial charge in [0.05, 0.1) is 26.0 Å². The van der Waals surface area contributed by atoms with Crippen LogP contribution < -0.4 is 20.2 Å². The molecule has 2 amide bonds. The van der Waals surface area contributed by atoms with Gasteiger partial charge in [-0.05, 0) is 18.2 Å². The van der Waals surface area contributed by atoms with Crippen LogP contribution in [-0.2, 0) is 15.8 Å². The third-order valence-electron chi connectivity index (χ3n) is 3.48. The first-order chi connectivity index (χ1) is 13.3. The molecule has 7 nitrogen and oxygen atoms in total. The molecule has 28 heavy (non-hydrogen) atoms. The van der Waals surface area contributed by atoms with Gasteiger partial charge < -0.3 is 14.8 Å². The van der Waals surface area contributed by atoms with Gasteiger partial charge in [0, 0.05) is 17.3 Å². The monoisotopic (exact) mass is 395 g/mol. The van der Waals surface area contributed by atoms with E-state index >= 15 is 0 Å². The Balaban J connectivity index is 2.02. The summed E-state index contributed by atoms with van der Waals surface area (Å²) in [5.74, 6) is -1.45. The van der Waals surface area contributed by atoms with Crippen molar-refractivity contribution in [2.75, 3.05) is 19.5 Å². The quantitative estimate of drug-likeness (QED) is 0.463. The van der Waals surface area contributed by atoms with Crippen LogP contribution in [-0.4, -0.2) is 32.2 Å². The molecular formula is C18H16F3N3O4. The zero-order valence-electron chi connectivity index (χ0n) is 14.8. The van der Waals surface area contributed by atoms with Gasteiger partial charge in [-0.2, -0.15) is 18.3 Å². The smallest absolute Gasteiger partial charge is 0.417 e. The highest BCUT2D eigenvalue weighted by Gasteiger charge is 2.32. The molecule has 0 aliphatic heterocycles. The van der Waals surface area contributed by atoms with Gasteiger partial charge in [-0.15, -0.1) is 0 Å². The number of nitrogens with one attached hydrogen (secondary N) is 2. The molecule has 2 N–H and O–H groups in total. The highest BCUT2D eigenvalue weighted by molar-refractivity contribution is 6.39. The van der Waals surface area contributed by atoms with Crippen molar-refractivity contribution < 1.29 is 32.2 Å². The van der Waals surface area contributed by atoms with E-state index in [1.54, 1.807) is 0 Å². The SMILES string of the molecule is COc1ccc(NC(=O)C(=O)N/N=C\c2ccccc2C(F)(F)F)cc1OC. The van der Waals surface area contributed by atoms with Crippen LogP contribution in [0.1, 0.15) is 11.1 Å². The summed E-state index contributed by atoms with van der Waals surface area (Å²) in [4.78, 5) is 23.7. The number of carbonyl (C=O) groups is 2. The molecule has 0 saturated heterocycles. The van der Waals surface area contributed by atoms with E-state index in [1.165, 1.54) is 50.6 Å². The fourth-order valence-electron chi connectivity index (χ4n) is 2.18. The second-order valence-electron chi connectivity index (χ2n) is 5.31. The van der Waals surface area contributed by atoms with Gasteiger partial charge in [-0.1, -0.05) is 18.2 Å². The van der Waals surface area contributed by atoms with Gasteiger partial charge in [0.1, 0.15) is 0 Å². The first-order valence-corrected chi connectivity index (χ1v) is 7.79. The van der Waals surface area contributed by atoms with E-state index in [4.69, 9.17) is 9.47 Å². The molecule has 0 unspecified atom stereocenters. The number of amides is 2. The predicted octanol–water partition coefficient (Wildman–Crippen LogP) is 2.81. The van der Waals surface area contributed by atoms with Crippen molar-refractivity contribution in [1.29, 1.82) is 0 Å². The summed E-state index contributed by atoms with van der Waals surface area (Å²) < 4.78 is 48.8. The highest BCUT2D eigenvalue weighted by Crippen LogP contribution is 2.31. The van der Waals surface area contributed by atoms with Crippen molar-refractivity contribution >= 4 is 23.7 Å². The third-order valence-corrected chi connectivity index (χ3v) is 3.48. The maximum absolute atomic E-state index is 12.9. The lowest BCUT2D eigenvalue weighted by molar-refractivity contribution is -0.137. The van der Waals surface area contributed by atoms with Gasteiger partial charge in [-0.25, -0.2) is 5.43 Å². The van der Waals surface area contributed by atoms with E-state index in [1.807, 2.05) is 5.43 Å². The molecule has 0 radical (unpaired) electrons. The number of methoxy groups -OCH3 is 2. The molecule has 0 fully saturated rings. The average molecular weight is 395 g/mol. The van der Waals surface area contributed by atoms with Crippen LogP contribution in [0.4, 0.5) is 18.9 Å². The van der Waals surface area contributed by atoms with Crippen molar-refractivity contribution in [2.24, 2.45) is 5.10 Å². The number of hydrogen-bond donors (Lipinski definition) is 2. The molecule has 2 aromatic rings. The molecule has 0 bridgehead atoms. The number of hydrazone groups is 1. The van der Waals surface area contributed by atoms with E-state index < -0.39 is 23.6 Å². The Bertz CT molecular complexity index is 898. The minimum absolute atomic E-state index is 0.254. The number of alkyl halides is 3. The predicted molar refractivity (Wildman–Crippen MR) is 95.4 cm³/mol. The van der Waals surface area contributed by atoms with E-state index in [9.17, 15) is 22.8 Å². The summed E-state index contributed by atoms with van der Waals surface area (Å²) in [5.41, 5.74) is 0.962. The van der Waals surface area contributed by atoms with Crippen LogP contribution in [0.5, 0.6) is 11.5 Å². The second kappa shape index (κ2) is 8.89. The van der Waals surface area contributed by atoms with Crippen molar-refractivity contribution in [1.82, 2.24) is 5.43 Å². The standard InChI is InChI=1S/C18H16F3N3O4/c1-27-14-8-7-12(9-15(14)28-2)23-16(25)17(26)24-22-10-11-5-3-4-6-13(11)18(19,20)21/h3-10H,1-2H3,(H,23,25)(H,24,26)/b22-10-. The first kappa shape index (κ1) is 20.7. The number of benzene rings is 2. The summed E-state index contributed by atoms with van der Waals surface area (Å²) >= 11 is 0. The Labute approximate surface area is 158 Å². The summed E-state index contributed by atoms with van der Waals surface area (Å²) in [5, 5.41) is 5.72. The van der Waals surface area contributed by atoms with Gasteiger partial charge in [0.25, 0.3) is 0 Å². The Morgan fingerprint density at radius 1 is 1.00 bits per heavy atom. The van der Waals surface area contributed by atoms with Gasteiger partial charge >= 0.3 is 18.0 Å². The third kappa shape index (κ3) is 5.22. The number of rotatable bonds is 5. The molecule has 10 heteroatoms. The van der Waals surface area contributed by atoms with Crippen LogP contribution >= 0.6 is 0 Å². The summed E-state index contributed by atoms with van der Waals surface area (Å²) in [6, 6.07) is 9.13. The zero-order valence-corrected chi connectivity index (χ0v) is 14.8. The molecule has 0 aliphatic carbocycles. The fraction of sp³-hybridized carbons (Fsp3) is 0.167. The van der Waals surface area contributed by atoms with Gasteiger partial charge in [-0.3, -0.25) is 9.59 Å². The molecule has 0 atom stereocenters. The van der Waals surface area contributed by atoms with Crippen molar-refractivity contribution in [3.05, 3.63) is 53.6 Å². The topological polar surface area (TPSA) is 89.0 Å². The number of hydrogen-bond acceptors (Lipinski definition) is 5. The van der Waals surface area contributed by atoms with Crippen molar-refractivity contribution in [3.8, 4) is 11.5 Å². The van der Waals surface area contributed by atoms with E-state index in [-0.39, 0.29) is 11.3 Å². The maximum atomic E-state index is 12.9. The number of ether oxygens (including phenoxy) is 2. The second-order valence-corrected chi connectivity index (χ2v) is 5.31. The number of halogens is 3. The van der Waals surface area contributed by atoms with Crippen molar-refractivity contribution in [2.45, 2.75) is 6.18 Å². The van der Waals surface area contributed by atoms with Crippen LogP contribution in [0.2, 0.25) is 0 Å². The molecule has 2 aromatic carbocycles. The highest BCUT2D eigenvalue weighted by atomic mass is 19.4. The van der Waals surface area contributed by atoms with Crippen LogP contribution in [0.15, 0.2) is 47.6 Å². The molecule has 148 valence electrons. The molecule has 0 aromatic heterocycles. The van der Waals surface area contributed by atoms with Gasteiger partial charge in [0.2, 0.25) is 0 Å². The molecule has 0 spiro atoms. The van der Waals surface area contributed by atoms with E-state index in [0.29, 0.717) is 11.5 Å². The zero-order chi connectivity index (χ0) is 20.7. The van der Waals surface area contributed by atoms with Crippen molar-refractivity contribution in [3.63, 3.8) is 0 Å². The Kier molecular flexibility index (Phi) is 6.59.